The molecule has 8 atom stereocenters. The molecule has 0 saturated heterocycles. The SMILES string of the molecule is CC1(CO)CCCC2(C)C1CCC13CCC(CC21)C(O)C3O. The van der Waals surface area contributed by atoms with E-state index in [9.17, 15) is 15.3 Å². The molecule has 5 rings (SSSR count). The molecule has 1 spiro atoms. The Morgan fingerprint density at radius 2 is 1.68 bits per heavy atom. The minimum absolute atomic E-state index is 0.0485. The summed E-state index contributed by atoms with van der Waals surface area (Å²) < 4.78 is 0. The summed E-state index contributed by atoms with van der Waals surface area (Å²) in [6, 6.07) is 0. The van der Waals surface area contributed by atoms with Crippen LogP contribution in [0.15, 0.2) is 0 Å². The molecule has 0 aromatic heterocycles. The monoisotopic (exact) mass is 308 g/mol. The van der Waals surface area contributed by atoms with Gasteiger partial charge in [0.2, 0.25) is 0 Å². The maximum Gasteiger partial charge on any atom is 0.0860 e. The van der Waals surface area contributed by atoms with Gasteiger partial charge in [-0.1, -0.05) is 20.3 Å². The van der Waals surface area contributed by atoms with Crippen molar-refractivity contribution in [3.05, 3.63) is 0 Å². The molecule has 3 nitrogen and oxygen atoms in total. The molecular weight excluding hydrogens is 276 g/mol. The topological polar surface area (TPSA) is 60.7 Å². The molecule has 22 heavy (non-hydrogen) atoms. The Kier molecular flexibility index (Phi) is 3.30. The summed E-state index contributed by atoms with van der Waals surface area (Å²) in [6.07, 6.45) is 7.96. The van der Waals surface area contributed by atoms with Gasteiger partial charge in [0.1, 0.15) is 0 Å². The molecule has 0 aromatic carbocycles. The molecule has 3 N–H and O–H groups in total. The molecule has 5 fully saturated rings. The van der Waals surface area contributed by atoms with Gasteiger partial charge in [-0.05, 0) is 73.5 Å². The first-order chi connectivity index (χ1) is 10.4. The maximum atomic E-state index is 10.8. The van der Waals surface area contributed by atoms with Crippen molar-refractivity contribution in [3.63, 3.8) is 0 Å². The van der Waals surface area contributed by atoms with Crippen LogP contribution in [0.1, 0.15) is 65.2 Å². The van der Waals surface area contributed by atoms with Crippen LogP contribution in [-0.2, 0) is 0 Å². The molecule has 0 heterocycles. The molecule has 8 unspecified atom stereocenters. The first-order valence-electron chi connectivity index (χ1n) is 9.34. The second-order valence-corrected chi connectivity index (χ2v) is 9.52. The average Bonchev–Trinajstić information content (AvgIpc) is 2.51. The molecule has 0 aromatic rings. The second-order valence-electron chi connectivity index (χ2n) is 9.52. The van der Waals surface area contributed by atoms with Crippen molar-refractivity contribution in [1.29, 1.82) is 0 Å². The Labute approximate surface area is 134 Å². The average molecular weight is 308 g/mol. The van der Waals surface area contributed by atoms with Crippen molar-refractivity contribution in [2.75, 3.05) is 6.61 Å². The number of rotatable bonds is 1. The normalized spacial score (nSPS) is 60.7. The number of hydrogen-bond donors (Lipinski definition) is 3. The van der Waals surface area contributed by atoms with Gasteiger partial charge in [-0.15, -0.1) is 0 Å². The quantitative estimate of drug-likeness (QED) is 0.698. The molecule has 3 heteroatoms. The summed E-state index contributed by atoms with van der Waals surface area (Å²) in [4.78, 5) is 0. The van der Waals surface area contributed by atoms with Crippen LogP contribution in [0, 0.1) is 34.0 Å². The van der Waals surface area contributed by atoms with E-state index in [0.717, 1.165) is 38.5 Å². The molecule has 5 saturated carbocycles. The van der Waals surface area contributed by atoms with E-state index in [4.69, 9.17) is 0 Å². The van der Waals surface area contributed by atoms with E-state index in [1.165, 1.54) is 12.8 Å². The van der Waals surface area contributed by atoms with E-state index in [2.05, 4.69) is 13.8 Å². The highest BCUT2D eigenvalue weighted by molar-refractivity contribution is 5.16. The molecule has 2 bridgehead atoms. The number of fused-ring (bicyclic) bond motifs is 3. The molecule has 5 aliphatic rings. The van der Waals surface area contributed by atoms with Crippen molar-refractivity contribution < 1.29 is 15.3 Å². The molecule has 126 valence electrons. The third-order valence-corrected chi connectivity index (χ3v) is 8.76. The van der Waals surface area contributed by atoms with Gasteiger partial charge in [-0.25, -0.2) is 0 Å². The van der Waals surface area contributed by atoms with Crippen molar-refractivity contribution >= 4 is 0 Å². The van der Waals surface area contributed by atoms with Crippen LogP contribution < -0.4 is 0 Å². The van der Waals surface area contributed by atoms with Crippen LogP contribution in [0.5, 0.6) is 0 Å². The number of aliphatic hydroxyl groups is 3. The van der Waals surface area contributed by atoms with E-state index in [1.807, 2.05) is 0 Å². The lowest BCUT2D eigenvalue weighted by Gasteiger charge is -2.69. The minimum Gasteiger partial charge on any atom is -0.396 e. The summed E-state index contributed by atoms with van der Waals surface area (Å²) >= 11 is 0. The van der Waals surface area contributed by atoms with Crippen LogP contribution >= 0.6 is 0 Å². The zero-order valence-electron chi connectivity index (χ0n) is 14.1. The van der Waals surface area contributed by atoms with Gasteiger partial charge < -0.3 is 15.3 Å². The molecule has 0 amide bonds. The van der Waals surface area contributed by atoms with Gasteiger partial charge in [0.05, 0.1) is 12.2 Å². The third-order valence-electron chi connectivity index (χ3n) is 8.76. The highest BCUT2D eigenvalue weighted by Crippen LogP contribution is 2.71. The summed E-state index contributed by atoms with van der Waals surface area (Å²) in [5.74, 6) is 1.39. The fourth-order valence-electron chi connectivity index (χ4n) is 7.63. The summed E-state index contributed by atoms with van der Waals surface area (Å²) in [6.45, 7) is 5.01. The van der Waals surface area contributed by atoms with Gasteiger partial charge in [0.15, 0.2) is 0 Å². The Balaban J connectivity index is 1.75. The Hall–Kier alpha value is -0.120. The zero-order chi connectivity index (χ0) is 15.8. The summed E-state index contributed by atoms with van der Waals surface area (Å²) in [7, 11) is 0. The maximum absolute atomic E-state index is 10.8. The number of aliphatic hydroxyl groups excluding tert-OH is 3. The van der Waals surface area contributed by atoms with Crippen molar-refractivity contribution in [2.24, 2.45) is 34.0 Å². The van der Waals surface area contributed by atoms with Crippen LogP contribution in [0.4, 0.5) is 0 Å². The highest BCUT2D eigenvalue weighted by atomic mass is 16.3. The lowest BCUT2D eigenvalue weighted by Crippen LogP contribution is -2.67. The smallest absolute Gasteiger partial charge is 0.0860 e. The van der Waals surface area contributed by atoms with Crippen LogP contribution in [0.3, 0.4) is 0 Å². The fourth-order valence-corrected chi connectivity index (χ4v) is 7.63. The predicted molar refractivity (Wildman–Crippen MR) is 85.2 cm³/mol. The molecule has 0 radical (unpaired) electrons. The number of hydrogen-bond acceptors (Lipinski definition) is 3. The minimum atomic E-state index is -0.523. The van der Waals surface area contributed by atoms with Gasteiger partial charge in [-0.3, -0.25) is 0 Å². The van der Waals surface area contributed by atoms with Gasteiger partial charge >= 0.3 is 0 Å². The van der Waals surface area contributed by atoms with Crippen molar-refractivity contribution in [3.8, 4) is 0 Å². The molecule has 5 aliphatic carbocycles. The Bertz CT molecular complexity index is 466. The van der Waals surface area contributed by atoms with Gasteiger partial charge in [0, 0.05) is 12.0 Å². The van der Waals surface area contributed by atoms with E-state index >= 15 is 0 Å². The zero-order valence-corrected chi connectivity index (χ0v) is 14.1. The highest BCUT2D eigenvalue weighted by Gasteiger charge is 2.67. The second kappa shape index (κ2) is 4.70. The first kappa shape index (κ1) is 15.4. The fraction of sp³-hybridized carbons (Fsp3) is 1.00. The Morgan fingerprint density at radius 3 is 2.41 bits per heavy atom. The molecular formula is C19H32O3. The van der Waals surface area contributed by atoms with E-state index in [0.29, 0.717) is 24.4 Å². The lowest BCUT2D eigenvalue weighted by molar-refractivity contribution is -0.259. The van der Waals surface area contributed by atoms with Crippen LogP contribution in [-0.4, -0.2) is 34.1 Å². The first-order valence-corrected chi connectivity index (χ1v) is 9.34. The van der Waals surface area contributed by atoms with Crippen molar-refractivity contribution in [1.82, 2.24) is 0 Å². The van der Waals surface area contributed by atoms with Crippen LogP contribution in [0.25, 0.3) is 0 Å². The van der Waals surface area contributed by atoms with Crippen LogP contribution in [0.2, 0.25) is 0 Å². The molecule has 0 aliphatic heterocycles. The largest absolute Gasteiger partial charge is 0.396 e. The third kappa shape index (κ3) is 1.68. The van der Waals surface area contributed by atoms with E-state index in [1.54, 1.807) is 0 Å². The lowest BCUT2D eigenvalue weighted by atomic mass is 9.36. The summed E-state index contributed by atoms with van der Waals surface area (Å²) in [5.41, 5.74) is 0.232. The predicted octanol–water partition coefficient (Wildman–Crippen LogP) is 2.72. The van der Waals surface area contributed by atoms with E-state index < -0.39 is 12.2 Å². The van der Waals surface area contributed by atoms with Gasteiger partial charge in [0.25, 0.3) is 0 Å². The Morgan fingerprint density at radius 1 is 0.955 bits per heavy atom. The van der Waals surface area contributed by atoms with Crippen molar-refractivity contribution in [2.45, 2.75) is 77.4 Å². The summed E-state index contributed by atoms with van der Waals surface area (Å²) in [5, 5.41) is 31.3. The van der Waals surface area contributed by atoms with E-state index in [-0.39, 0.29) is 16.2 Å². The standard InChI is InChI=1S/C19H32O3/c1-17(11-20)6-3-7-18(2)13(17)5-9-19-8-4-12(10-14(18)19)15(21)16(19)22/h12-16,20-22H,3-11H2,1-2H3. The van der Waals surface area contributed by atoms with Gasteiger partial charge in [-0.2, -0.15) is 0 Å².